The summed E-state index contributed by atoms with van der Waals surface area (Å²) in [5.74, 6) is 0.900. The van der Waals surface area contributed by atoms with Crippen LogP contribution in [-0.4, -0.2) is 21.8 Å². The minimum atomic E-state index is -0.665. The number of aromatic nitrogens is 2. The van der Waals surface area contributed by atoms with Crippen molar-refractivity contribution in [2.45, 2.75) is 19.6 Å². The zero-order chi connectivity index (χ0) is 16.4. The van der Waals surface area contributed by atoms with Crippen molar-refractivity contribution < 1.29 is 13.9 Å². The topological polar surface area (TPSA) is 69.3 Å². The normalized spacial score (nSPS) is 12.3. The van der Waals surface area contributed by atoms with E-state index in [0.717, 1.165) is 15.4 Å². The first-order chi connectivity index (χ1) is 11.0. The molecule has 0 saturated carbocycles. The van der Waals surface area contributed by atoms with Gasteiger partial charge in [0.1, 0.15) is 5.76 Å². The quantitative estimate of drug-likeness (QED) is 0.741. The number of nitrogens with one attached hydrogen (secondary N) is 1. The monoisotopic (exact) mass is 377 g/mol. The molecule has 120 valence electrons. The van der Waals surface area contributed by atoms with Crippen LogP contribution >= 0.6 is 15.9 Å². The van der Waals surface area contributed by atoms with Crippen molar-refractivity contribution in [1.82, 2.24) is 15.1 Å². The lowest BCUT2D eigenvalue weighted by Gasteiger charge is -2.12. The molecule has 1 amide bonds. The summed E-state index contributed by atoms with van der Waals surface area (Å²) in [6.07, 6.45) is 0.904. The minimum Gasteiger partial charge on any atom is -0.467 e. The molecule has 0 spiro atoms. The van der Waals surface area contributed by atoms with Gasteiger partial charge in [-0.1, -0.05) is 15.9 Å². The Morgan fingerprint density at radius 1 is 1.48 bits per heavy atom. The van der Waals surface area contributed by atoms with E-state index in [4.69, 9.17) is 9.15 Å². The molecular formula is C16H16BrN3O3. The molecule has 0 unspecified atom stereocenters. The molecule has 2 heterocycles. The number of amides is 1. The van der Waals surface area contributed by atoms with E-state index in [0.29, 0.717) is 18.2 Å². The molecule has 0 aliphatic carbocycles. The average molecular weight is 378 g/mol. The first kappa shape index (κ1) is 15.6. The molecule has 0 saturated heterocycles. The van der Waals surface area contributed by atoms with E-state index >= 15 is 0 Å². The van der Waals surface area contributed by atoms with Gasteiger partial charge in [0.05, 0.1) is 23.7 Å². The Balaban J connectivity index is 1.71. The molecule has 1 aromatic carbocycles. The second-order valence-electron chi connectivity index (χ2n) is 5.15. The van der Waals surface area contributed by atoms with Crippen LogP contribution in [-0.2, 0) is 18.4 Å². The van der Waals surface area contributed by atoms with Gasteiger partial charge in [-0.3, -0.25) is 9.48 Å². The van der Waals surface area contributed by atoms with Crippen LogP contribution in [0.3, 0.4) is 0 Å². The van der Waals surface area contributed by atoms with E-state index in [1.807, 2.05) is 25.2 Å². The maximum absolute atomic E-state index is 12.1. The summed E-state index contributed by atoms with van der Waals surface area (Å²) in [6, 6.07) is 9.38. The van der Waals surface area contributed by atoms with E-state index in [9.17, 15) is 4.79 Å². The summed E-state index contributed by atoms with van der Waals surface area (Å²) >= 11 is 3.44. The fraction of sp³-hybridized carbons (Fsp3) is 0.250. The fourth-order valence-electron chi connectivity index (χ4n) is 2.24. The summed E-state index contributed by atoms with van der Waals surface area (Å²) in [5.41, 5.74) is 0.936. The number of aryl methyl sites for hydroxylation is 1. The van der Waals surface area contributed by atoms with E-state index in [1.54, 1.807) is 30.0 Å². The summed E-state index contributed by atoms with van der Waals surface area (Å²) < 4.78 is 13.6. The number of carbonyl (C=O) groups excluding carboxylic acids is 1. The van der Waals surface area contributed by atoms with Crippen molar-refractivity contribution in [2.24, 2.45) is 7.05 Å². The van der Waals surface area contributed by atoms with Gasteiger partial charge in [-0.15, -0.1) is 5.10 Å². The van der Waals surface area contributed by atoms with Crippen LogP contribution in [0, 0.1) is 0 Å². The Morgan fingerprint density at radius 3 is 3.04 bits per heavy atom. The number of fused-ring (bicyclic) bond motifs is 1. The van der Waals surface area contributed by atoms with Gasteiger partial charge in [-0.25, -0.2) is 0 Å². The van der Waals surface area contributed by atoms with Crippen molar-refractivity contribution in [2.75, 3.05) is 0 Å². The van der Waals surface area contributed by atoms with E-state index in [-0.39, 0.29) is 5.91 Å². The first-order valence-electron chi connectivity index (χ1n) is 7.13. The number of furan rings is 1. The number of nitrogens with zero attached hydrogens (tertiary/aromatic N) is 2. The van der Waals surface area contributed by atoms with Crippen molar-refractivity contribution in [3.05, 3.63) is 46.8 Å². The molecule has 6 nitrogen and oxygen atoms in total. The van der Waals surface area contributed by atoms with Crippen LogP contribution in [0.1, 0.15) is 12.7 Å². The van der Waals surface area contributed by atoms with Crippen LogP contribution in [0.15, 0.2) is 45.5 Å². The molecule has 0 radical (unpaired) electrons. The standard InChI is InChI=1S/C16H16BrN3O3/c1-10(15(21)18-9-12-4-3-7-22-12)23-16-13-8-11(17)5-6-14(13)20(2)19-16/h3-8,10H,9H2,1-2H3,(H,18,21)/t10-/m0/s1. The Morgan fingerprint density at radius 2 is 2.30 bits per heavy atom. The number of rotatable bonds is 5. The molecule has 0 aliphatic rings. The van der Waals surface area contributed by atoms with Gasteiger partial charge < -0.3 is 14.5 Å². The predicted octanol–water partition coefficient (Wildman–Crippen LogP) is 3.01. The molecule has 1 N–H and O–H groups in total. The number of carbonyl (C=O) groups is 1. The molecule has 0 aliphatic heterocycles. The molecule has 2 aromatic heterocycles. The highest BCUT2D eigenvalue weighted by atomic mass is 79.9. The third-order valence-electron chi connectivity index (χ3n) is 3.45. The Kier molecular flexibility index (Phi) is 4.38. The van der Waals surface area contributed by atoms with E-state index < -0.39 is 6.10 Å². The van der Waals surface area contributed by atoms with Gasteiger partial charge in [0, 0.05) is 11.5 Å². The molecule has 0 bridgehead atoms. The van der Waals surface area contributed by atoms with Gasteiger partial charge in [0.2, 0.25) is 5.88 Å². The number of hydrogen-bond acceptors (Lipinski definition) is 4. The van der Waals surface area contributed by atoms with Crippen LogP contribution in [0.2, 0.25) is 0 Å². The summed E-state index contributed by atoms with van der Waals surface area (Å²) in [5, 5.41) is 7.96. The zero-order valence-electron chi connectivity index (χ0n) is 12.7. The SMILES string of the molecule is C[C@H](Oc1nn(C)c2ccc(Br)cc12)C(=O)NCc1ccco1. The highest BCUT2D eigenvalue weighted by molar-refractivity contribution is 9.10. The maximum Gasteiger partial charge on any atom is 0.261 e. The lowest BCUT2D eigenvalue weighted by Crippen LogP contribution is -2.35. The molecule has 7 heteroatoms. The van der Waals surface area contributed by atoms with Gasteiger partial charge in [0.15, 0.2) is 6.10 Å². The number of ether oxygens (including phenoxy) is 1. The van der Waals surface area contributed by atoms with Crippen LogP contribution < -0.4 is 10.1 Å². The van der Waals surface area contributed by atoms with Gasteiger partial charge in [-0.2, -0.15) is 0 Å². The van der Waals surface area contributed by atoms with Crippen LogP contribution in [0.4, 0.5) is 0 Å². The molecular weight excluding hydrogens is 362 g/mol. The third kappa shape index (κ3) is 3.39. The predicted molar refractivity (Wildman–Crippen MR) is 89.1 cm³/mol. The third-order valence-corrected chi connectivity index (χ3v) is 3.95. The molecule has 3 aromatic rings. The minimum absolute atomic E-state index is 0.227. The maximum atomic E-state index is 12.1. The van der Waals surface area contributed by atoms with Gasteiger partial charge >= 0.3 is 0 Å². The number of hydrogen-bond donors (Lipinski definition) is 1. The van der Waals surface area contributed by atoms with Crippen molar-refractivity contribution in [3.8, 4) is 5.88 Å². The Hall–Kier alpha value is -2.28. The summed E-state index contributed by atoms with van der Waals surface area (Å²) in [6.45, 7) is 2.02. The fourth-order valence-corrected chi connectivity index (χ4v) is 2.61. The highest BCUT2D eigenvalue weighted by Gasteiger charge is 2.19. The van der Waals surface area contributed by atoms with E-state index in [1.165, 1.54) is 0 Å². The Bertz CT molecular complexity index is 827. The van der Waals surface area contributed by atoms with Gasteiger partial charge in [-0.05, 0) is 37.3 Å². The molecule has 1 atom stereocenters. The lowest BCUT2D eigenvalue weighted by molar-refractivity contribution is -0.127. The second-order valence-corrected chi connectivity index (χ2v) is 6.06. The molecule has 23 heavy (non-hydrogen) atoms. The molecule has 0 fully saturated rings. The van der Waals surface area contributed by atoms with Crippen LogP contribution in [0.5, 0.6) is 5.88 Å². The number of benzene rings is 1. The molecule has 3 rings (SSSR count). The van der Waals surface area contributed by atoms with Crippen LogP contribution in [0.25, 0.3) is 10.9 Å². The van der Waals surface area contributed by atoms with Gasteiger partial charge in [0.25, 0.3) is 5.91 Å². The summed E-state index contributed by atoms with van der Waals surface area (Å²) in [7, 11) is 1.84. The lowest BCUT2D eigenvalue weighted by atomic mass is 10.2. The number of halogens is 1. The highest BCUT2D eigenvalue weighted by Crippen LogP contribution is 2.28. The van der Waals surface area contributed by atoms with Crippen molar-refractivity contribution >= 4 is 32.7 Å². The second kappa shape index (κ2) is 6.45. The van der Waals surface area contributed by atoms with Crippen molar-refractivity contribution in [3.63, 3.8) is 0 Å². The largest absolute Gasteiger partial charge is 0.467 e. The Labute approximate surface area is 141 Å². The smallest absolute Gasteiger partial charge is 0.261 e. The average Bonchev–Trinajstić information content (AvgIpc) is 3.14. The zero-order valence-corrected chi connectivity index (χ0v) is 14.3. The summed E-state index contributed by atoms with van der Waals surface area (Å²) in [4.78, 5) is 12.1. The first-order valence-corrected chi connectivity index (χ1v) is 7.93. The van der Waals surface area contributed by atoms with E-state index in [2.05, 4.69) is 26.3 Å². The van der Waals surface area contributed by atoms with Crippen molar-refractivity contribution in [1.29, 1.82) is 0 Å².